The van der Waals surface area contributed by atoms with Gasteiger partial charge in [-0.25, -0.2) is 0 Å². The van der Waals surface area contributed by atoms with Crippen molar-refractivity contribution in [2.75, 3.05) is 46.2 Å². The van der Waals surface area contributed by atoms with E-state index in [9.17, 15) is 4.79 Å². The Hall–Kier alpha value is -1.39. The molecule has 1 saturated carbocycles. The van der Waals surface area contributed by atoms with Crippen LogP contribution in [0.15, 0.2) is 29.3 Å². The lowest BCUT2D eigenvalue weighted by atomic mass is 10.1. The van der Waals surface area contributed by atoms with Gasteiger partial charge in [0.05, 0.1) is 19.3 Å². The summed E-state index contributed by atoms with van der Waals surface area (Å²) in [6.45, 7) is 2.41. The van der Waals surface area contributed by atoms with Crippen LogP contribution < -0.4 is 16.0 Å². The monoisotopic (exact) mass is 531 g/mol. The molecule has 0 spiro atoms. The Labute approximate surface area is 198 Å². The highest BCUT2D eigenvalue weighted by Gasteiger charge is 2.12. The van der Waals surface area contributed by atoms with Gasteiger partial charge in [-0.2, -0.15) is 0 Å². The fourth-order valence-corrected chi connectivity index (χ4v) is 3.46. The van der Waals surface area contributed by atoms with Crippen molar-refractivity contribution in [3.63, 3.8) is 0 Å². The number of aliphatic imine (C=N–C) groups is 1. The summed E-state index contributed by atoms with van der Waals surface area (Å²) >= 11 is 0. The van der Waals surface area contributed by atoms with Crippen molar-refractivity contribution in [1.29, 1.82) is 0 Å². The van der Waals surface area contributed by atoms with Crippen molar-refractivity contribution in [3.8, 4) is 0 Å². The van der Waals surface area contributed by atoms with E-state index in [1.54, 1.807) is 7.05 Å². The first kappa shape index (κ1) is 26.6. The highest BCUT2D eigenvalue weighted by atomic mass is 127. The highest BCUT2D eigenvalue weighted by molar-refractivity contribution is 14.0. The van der Waals surface area contributed by atoms with Crippen molar-refractivity contribution >= 4 is 41.5 Å². The Bertz CT molecular complexity index is 646. The molecule has 0 heterocycles. The summed E-state index contributed by atoms with van der Waals surface area (Å²) in [6.07, 6.45) is 8.05. The Morgan fingerprint density at radius 3 is 2.57 bits per heavy atom. The fraction of sp³-hybridized carbons (Fsp3) is 0.636. The summed E-state index contributed by atoms with van der Waals surface area (Å²) in [5, 5.41) is 9.53. The SMILES string of the molecule is CN=C(NCCOC1CCCCCC1)NCc1cccc(NC(=O)CN(C)C)c1.I. The van der Waals surface area contributed by atoms with Gasteiger partial charge in [0.1, 0.15) is 0 Å². The van der Waals surface area contributed by atoms with Crippen LogP contribution in [-0.4, -0.2) is 63.7 Å². The quantitative estimate of drug-likeness (QED) is 0.150. The maximum atomic E-state index is 11.9. The molecule has 0 aliphatic heterocycles. The van der Waals surface area contributed by atoms with Gasteiger partial charge >= 0.3 is 0 Å². The zero-order chi connectivity index (χ0) is 20.9. The average molecular weight is 531 g/mol. The molecular formula is C22H38IN5O2. The van der Waals surface area contributed by atoms with Crippen LogP contribution in [0.2, 0.25) is 0 Å². The van der Waals surface area contributed by atoms with E-state index in [2.05, 4.69) is 20.9 Å². The molecule has 30 heavy (non-hydrogen) atoms. The van der Waals surface area contributed by atoms with Crippen molar-refractivity contribution in [2.45, 2.75) is 51.2 Å². The molecule has 0 radical (unpaired) electrons. The average Bonchev–Trinajstić information content (AvgIpc) is 2.96. The number of anilines is 1. The molecule has 7 nitrogen and oxygen atoms in total. The second-order valence-corrected chi connectivity index (χ2v) is 7.82. The largest absolute Gasteiger partial charge is 0.376 e. The zero-order valence-corrected chi connectivity index (χ0v) is 20.9. The minimum Gasteiger partial charge on any atom is -0.376 e. The second kappa shape index (κ2) is 15.4. The topological polar surface area (TPSA) is 78.0 Å². The highest BCUT2D eigenvalue weighted by Crippen LogP contribution is 2.19. The van der Waals surface area contributed by atoms with Crippen LogP contribution in [0.3, 0.4) is 0 Å². The van der Waals surface area contributed by atoms with Crippen LogP contribution in [0.4, 0.5) is 5.69 Å². The lowest BCUT2D eigenvalue weighted by Crippen LogP contribution is -2.39. The van der Waals surface area contributed by atoms with E-state index in [0.29, 0.717) is 25.8 Å². The number of hydrogen-bond acceptors (Lipinski definition) is 4. The van der Waals surface area contributed by atoms with E-state index in [-0.39, 0.29) is 29.9 Å². The number of nitrogens with one attached hydrogen (secondary N) is 3. The van der Waals surface area contributed by atoms with Crippen LogP contribution in [0.25, 0.3) is 0 Å². The number of likely N-dealkylation sites (N-methyl/N-ethyl adjacent to an activating group) is 1. The van der Waals surface area contributed by atoms with Crippen LogP contribution in [0, 0.1) is 0 Å². The van der Waals surface area contributed by atoms with Gasteiger partial charge in [-0.3, -0.25) is 9.79 Å². The third-order valence-corrected chi connectivity index (χ3v) is 4.90. The summed E-state index contributed by atoms with van der Waals surface area (Å²) in [5.41, 5.74) is 1.88. The molecule has 170 valence electrons. The molecule has 0 aromatic heterocycles. The fourth-order valence-electron chi connectivity index (χ4n) is 3.46. The molecule has 0 saturated heterocycles. The Morgan fingerprint density at radius 2 is 1.90 bits per heavy atom. The number of benzene rings is 1. The van der Waals surface area contributed by atoms with Gasteiger partial charge in [0.2, 0.25) is 5.91 Å². The molecule has 8 heteroatoms. The normalized spacial score (nSPS) is 15.3. The number of guanidine groups is 1. The number of carbonyl (C=O) groups excluding carboxylic acids is 1. The first-order chi connectivity index (χ1) is 14.1. The van der Waals surface area contributed by atoms with Crippen molar-refractivity contribution < 1.29 is 9.53 Å². The lowest BCUT2D eigenvalue weighted by molar-refractivity contribution is -0.116. The summed E-state index contributed by atoms with van der Waals surface area (Å²) in [7, 11) is 5.51. The predicted molar refractivity (Wildman–Crippen MR) is 135 cm³/mol. The van der Waals surface area contributed by atoms with Gasteiger partial charge in [-0.15, -0.1) is 24.0 Å². The smallest absolute Gasteiger partial charge is 0.238 e. The van der Waals surface area contributed by atoms with Crippen LogP contribution in [-0.2, 0) is 16.1 Å². The molecule has 1 aromatic carbocycles. The van der Waals surface area contributed by atoms with Gasteiger partial charge in [-0.05, 0) is 44.6 Å². The van der Waals surface area contributed by atoms with Crippen molar-refractivity contribution in [1.82, 2.24) is 15.5 Å². The predicted octanol–water partition coefficient (Wildman–Crippen LogP) is 3.21. The molecule has 1 aliphatic rings. The van der Waals surface area contributed by atoms with Gasteiger partial charge in [0.15, 0.2) is 5.96 Å². The van der Waals surface area contributed by atoms with E-state index < -0.39 is 0 Å². The number of hydrogen-bond donors (Lipinski definition) is 3. The lowest BCUT2D eigenvalue weighted by Gasteiger charge is -2.17. The van der Waals surface area contributed by atoms with E-state index in [1.165, 1.54) is 38.5 Å². The number of carbonyl (C=O) groups is 1. The number of rotatable bonds is 9. The summed E-state index contributed by atoms with van der Waals surface area (Å²) in [4.78, 5) is 18.0. The van der Waals surface area contributed by atoms with Crippen LogP contribution >= 0.6 is 24.0 Å². The third kappa shape index (κ3) is 11.1. The standard InChI is InChI=1S/C22H37N5O2.HI/c1-23-22(24-13-14-29-20-11-6-4-5-7-12-20)25-16-18-9-8-10-19(15-18)26-21(28)17-27(2)3;/h8-10,15,20H,4-7,11-14,16-17H2,1-3H3,(H,26,28)(H2,23,24,25);1H. The molecule has 1 aromatic rings. The Kier molecular flexibility index (Phi) is 13.7. The Balaban J connectivity index is 0.00000450. The molecule has 0 bridgehead atoms. The zero-order valence-electron chi connectivity index (χ0n) is 18.6. The third-order valence-electron chi connectivity index (χ3n) is 4.90. The summed E-state index contributed by atoms with van der Waals surface area (Å²) in [6, 6.07) is 7.84. The number of halogens is 1. The van der Waals surface area contributed by atoms with Crippen LogP contribution in [0.5, 0.6) is 0 Å². The molecule has 2 rings (SSSR count). The molecule has 1 fully saturated rings. The van der Waals surface area contributed by atoms with Crippen molar-refractivity contribution in [2.24, 2.45) is 4.99 Å². The molecular weight excluding hydrogens is 493 g/mol. The van der Waals surface area contributed by atoms with Crippen LogP contribution in [0.1, 0.15) is 44.1 Å². The minimum absolute atomic E-state index is 0. The van der Waals surface area contributed by atoms with E-state index in [4.69, 9.17) is 4.74 Å². The van der Waals surface area contributed by atoms with E-state index in [1.807, 2.05) is 43.3 Å². The maximum absolute atomic E-state index is 11.9. The molecule has 1 aliphatic carbocycles. The van der Waals surface area contributed by atoms with Gasteiger partial charge in [0, 0.05) is 25.8 Å². The molecule has 0 atom stereocenters. The molecule has 0 unspecified atom stereocenters. The molecule has 3 N–H and O–H groups in total. The van der Waals surface area contributed by atoms with Gasteiger partial charge in [0.25, 0.3) is 0 Å². The number of ether oxygens (including phenoxy) is 1. The first-order valence-electron chi connectivity index (χ1n) is 10.7. The minimum atomic E-state index is -0.0220. The van der Waals surface area contributed by atoms with Gasteiger partial charge in [-0.1, -0.05) is 37.8 Å². The first-order valence-corrected chi connectivity index (χ1v) is 10.7. The summed E-state index contributed by atoms with van der Waals surface area (Å²) in [5.74, 6) is 0.725. The second-order valence-electron chi connectivity index (χ2n) is 7.82. The molecule has 1 amide bonds. The Morgan fingerprint density at radius 1 is 1.17 bits per heavy atom. The van der Waals surface area contributed by atoms with Crippen molar-refractivity contribution in [3.05, 3.63) is 29.8 Å². The van der Waals surface area contributed by atoms with E-state index >= 15 is 0 Å². The summed E-state index contributed by atoms with van der Waals surface area (Å²) < 4.78 is 6.01. The number of amides is 1. The number of nitrogens with zero attached hydrogens (tertiary/aromatic N) is 2. The van der Waals surface area contributed by atoms with E-state index in [0.717, 1.165) is 23.8 Å². The van der Waals surface area contributed by atoms with Gasteiger partial charge < -0.3 is 25.6 Å². The maximum Gasteiger partial charge on any atom is 0.238 e.